The van der Waals surface area contributed by atoms with Crippen LogP contribution in [0.1, 0.15) is 6.42 Å². The second-order valence-corrected chi connectivity index (χ2v) is 0.577. The van der Waals surface area contributed by atoms with E-state index in [9.17, 15) is 0 Å². The normalized spacial score (nSPS) is 5.00. The minimum atomic E-state index is 0. The summed E-state index contributed by atoms with van der Waals surface area (Å²) >= 11 is 0. The first kappa shape index (κ1) is 15.7. The molecular weight excluding hydrogens is 110 g/mol. The number of hydrogen-bond donors (Lipinski definition) is 1. The second kappa shape index (κ2) is 16.3. The third kappa shape index (κ3) is 18.7. The van der Waals surface area contributed by atoms with Crippen LogP contribution in [0.2, 0.25) is 0 Å². The van der Waals surface area contributed by atoms with Gasteiger partial charge in [0.25, 0.3) is 0 Å². The Bertz CT molecular complexity index is 12.8. The van der Waals surface area contributed by atoms with Gasteiger partial charge in [0.15, 0.2) is 0 Å². The van der Waals surface area contributed by atoms with Gasteiger partial charge in [-0.25, -0.2) is 0 Å². The van der Waals surface area contributed by atoms with Crippen LogP contribution in [0.3, 0.4) is 0 Å². The Morgan fingerprint density at radius 3 is 1.67 bits per heavy atom. The van der Waals surface area contributed by atoms with E-state index >= 15 is 0 Å². The molecule has 0 radical (unpaired) electrons. The molecular formula is C3H8ClNaO. The molecule has 0 saturated carbocycles. The van der Waals surface area contributed by atoms with Crippen LogP contribution in [0, 0.1) is 6.92 Å². The van der Waals surface area contributed by atoms with Gasteiger partial charge in [0.05, 0.1) is 0 Å². The first-order valence-electron chi connectivity index (χ1n) is 1.32. The van der Waals surface area contributed by atoms with Gasteiger partial charge in [-0.05, 0) is 0 Å². The standard InChI is InChI=1S/C3H7O.ClH.Na/c1-2-3-4;;/h4H,1-3H2;1H;/q-1;;+1. The van der Waals surface area contributed by atoms with Gasteiger partial charge in [-0.2, -0.15) is 6.42 Å². The fourth-order valence-corrected chi connectivity index (χ4v) is 0. The summed E-state index contributed by atoms with van der Waals surface area (Å²) in [5.74, 6) is 0. The monoisotopic (exact) mass is 118 g/mol. The van der Waals surface area contributed by atoms with Crippen LogP contribution >= 0.6 is 12.4 Å². The quantitative estimate of drug-likeness (QED) is 0.302. The second-order valence-electron chi connectivity index (χ2n) is 0.577. The Morgan fingerprint density at radius 2 is 1.67 bits per heavy atom. The SMILES string of the molecule is Cl.[CH2-]CCO.[Na+]. The number of aliphatic hydroxyl groups is 1. The summed E-state index contributed by atoms with van der Waals surface area (Å²) < 4.78 is 0. The molecule has 0 aromatic carbocycles. The van der Waals surface area contributed by atoms with Gasteiger partial charge in [0, 0.05) is 6.61 Å². The zero-order valence-corrected chi connectivity index (χ0v) is 6.79. The maximum Gasteiger partial charge on any atom is 1.00 e. The van der Waals surface area contributed by atoms with Gasteiger partial charge in [-0.3, -0.25) is 0 Å². The van der Waals surface area contributed by atoms with Crippen LogP contribution in [-0.4, -0.2) is 11.7 Å². The van der Waals surface area contributed by atoms with Crippen molar-refractivity contribution in [2.75, 3.05) is 6.61 Å². The summed E-state index contributed by atoms with van der Waals surface area (Å²) in [6.45, 7) is 3.56. The molecule has 1 N–H and O–H groups in total. The molecule has 6 heavy (non-hydrogen) atoms. The van der Waals surface area contributed by atoms with E-state index in [0.29, 0.717) is 6.42 Å². The first-order valence-corrected chi connectivity index (χ1v) is 1.32. The van der Waals surface area contributed by atoms with Crippen molar-refractivity contribution in [3.8, 4) is 0 Å². The summed E-state index contributed by atoms with van der Waals surface area (Å²) in [7, 11) is 0. The number of rotatable bonds is 1. The number of halogens is 1. The molecule has 1 nitrogen and oxygen atoms in total. The van der Waals surface area contributed by atoms with Crippen molar-refractivity contribution in [3.63, 3.8) is 0 Å². The third-order valence-corrected chi connectivity index (χ3v) is 0.158. The summed E-state index contributed by atoms with van der Waals surface area (Å²) in [5.41, 5.74) is 0. The molecule has 0 aliphatic carbocycles. The van der Waals surface area contributed by atoms with E-state index in [1.807, 2.05) is 0 Å². The molecule has 0 heterocycles. The Hall–Kier alpha value is 1.25. The van der Waals surface area contributed by atoms with Gasteiger partial charge in [-0.15, -0.1) is 12.4 Å². The maximum atomic E-state index is 7.81. The van der Waals surface area contributed by atoms with E-state index in [2.05, 4.69) is 6.92 Å². The molecule has 0 aliphatic heterocycles. The molecule has 0 bridgehead atoms. The maximum absolute atomic E-state index is 7.81. The van der Waals surface area contributed by atoms with Crippen LogP contribution in [-0.2, 0) is 0 Å². The van der Waals surface area contributed by atoms with Crippen LogP contribution in [0.5, 0.6) is 0 Å². The van der Waals surface area contributed by atoms with Gasteiger partial charge < -0.3 is 12.0 Å². The average molecular weight is 119 g/mol. The predicted molar refractivity (Wildman–Crippen MR) is 24.3 cm³/mol. The topological polar surface area (TPSA) is 20.2 Å². The molecule has 0 rings (SSSR count). The number of hydrogen-bond acceptors (Lipinski definition) is 1. The smallest absolute Gasteiger partial charge is 0.399 e. The van der Waals surface area contributed by atoms with Crippen molar-refractivity contribution in [1.82, 2.24) is 0 Å². The summed E-state index contributed by atoms with van der Waals surface area (Å²) in [4.78, 5) is 0. The van der Waals surface area contributed by atoms with Crippen molar-refractivity contribution in [2.24, 2.45) is 0 Å². The Labute approximate surface area is 66.8 Å². The molecule has 0 aliphatic rings. The molecule has 0 saturated heterocycles. The van der Waals surface area contributed by atoms with Gasteiger partial charge >= 0.3 is 29.6 Å². The van der Waals surface area contributed by atoms with Crippen molar-refractivity contribution in [1.29, 1.82) is 0 Å². The first-order chi connectivity index (χ1) is 1.91. The zero-order chi connectivity index (χ0) is 3.41. The predicted octanol–water partition coefficient (Wildman–Crippen LogP) is -2.37. The minimum absolute atomic E-state index is 0. The third-order valence-electron chi connectivity index (χ3n) is 0.158. The fraction of sp³-hybridized carbons (Fsp3) is 0.667. The Kier molecular flexibility index (Phi) is 42.6. The van der Waals surface area contributed by atoms with Gasteiger partial charge in [-0.1, -0.05) is 0 Å². The van der Waals surface area contributed by atoms with Gasteiger partial charge in [0.2, 0.25) is 0 Å². The molecule has 0 amide bonds. The Balaban J connectivity index is -0.0000000450. The minimum Gasteiger partial charge on any atom is -0.399 e. The van der Waals surface area contributed by atoms with Crippen molar-refractivity contribution >= 4 is 12.4 Å². The summed E-state index contributed by atoms with van der Waals surface area (Å²) in [6.07, 6.45) is 0.625. The van der Waals surface area contributed by atoms with Crippen LogP contribution in [0.4, 0.5) is 0 Å². The average Bonchev–Trinajstić information content (AvgIpc) is 1.37. The zero-order valence-electron chi connectivity index (χ0n) is 3.98. The number of aliphatic hydroxyl groups excluding tert-OH is 1. The van der Waals surface area contributed by atoms with E-state index in [-0.39, 0.29) is 48.6 Å². The fourth-order valence-electron chi connectivity index (χ4n) is 0. The van der Waals surface area contributed by atoms with E-state index in [1.54, 1.807) is 0 Å². The molecule has 0 aromatic heterocycles. The van der Waals surface area contributed by atoms with Crippen LogP contribution in [0.15, 0.2) is 0 Å². The van der Waals surface area contributed by atoms with Crippen LogP contribution in [0.25, 0.3) is 0 Å². The summed E-state index contributed by atoms with van der Waals surface area (Å²) in [6, 6.07) is 0. The summed E-state index contributed by atoms with van der Waals surface area (Å²) in [5, 5.41) is 7.81. The Morgan fingerprint density at radius 1 is 1.50 bits per heavy atom. The van der Waals surface area contributed by atoms with E-state index < -0.39 is 0 Å². The van der Waals surface area contributed by atoms with Crippen molar-refractivity contribution in [3.05, 3.63) is 6.92 Å². The largest absolute Gasteiger partial charge is 1.00 e. The van der Waals surface area contributed by atoms with Crippen molar-refractivity contribution in [2.45, 2.75) is 6.42 Å². The van der Waals surface area contributed by atoms with Crippen molar-refractivity contribution < 1.29 is 34.7 Å². The van der Waals surface area contributed by atoms with E-state index in [4.69, 9.17) is 5.11 Å². The molecule has 34 valence electrons. The molecule has 3 heteroatoms. The van der Waals surface area contributed by atoms with Crippen LogP contribution < -0.4 is 29.6 Å². The molecule has 0 aromatic rings. The molecule has 0 atom stereocenters. The molecule has 0 fully saturated rings. The molecule has 0 spiro atoms. The van der Waals surface area contributed by atoms with E-state index in [1.165, 1.54) is 0 Å². The van der Waals surface area contributed by atoms with E-state index in [0.717, 1.165) is 0 Å². The molecule has 0 unspecified atom stereocenters. The van der Waals surface area contributed by atoms with Gasteiger partial charge in [0.1, 0.15) is 0 Å².